The molecule has 0 N–H and O–H groups in total. The van der Waals surface area contributed by atoms with Crippen LogP contribution in [0.15, 0.2) is 42.6 Å². The lowest BCUT2D eigenvalue weighted by Gasteiger charge is -2.32. The Labute approximate surface area is 101 Å². The first-order valence-electron chi connectivity index (χ1n) is 5.71. The molecule has 1 amide bonds. The molecule has 88 valence electrons. The maximum absolute atomic E-state index is 12.2. The second kappa shape index (κ2) is 4.53. The molecule has 1 aromatic rings. The van der Waals surface area contributed by atoms with Crippen LogP contribution in [-0.2, 0) is 4.79 Å². The van der Waals surface area contributed by atoms with Gasteiger partial charge in [-0.15, -0.1) is 0 Å². The lowest BCUT2D eigenvalue weighted by atomic mass is 9.94. The molecule has 0 aliphatic carbocycles. The van der Waals surface area contributed by atoms with E-state index in [1.165, 1.54) is 6.08 Å². The second-order valence-corrected chi connectivity index (χ2v) is 4.33. The largest absolute Gasteiger partial charge is 0.311 e. The lowest BCUT2D eigenvalue weighted by Crippen LogP contribution is -2.43. The van der Waals surface area contributed by atoms with Crippen molar-refractivity contribution in [3.63, 3.8) is 0 Å². The molecule has 0 radical (unpaired) electrons. The number of benzene rings is 1. The number of allylic oxidation sites excluding steroid dienone is 1. The predicted molar refractivity (Wildman–Crippen MR) is 65.4 cm³/mol. The van der Waals surface area contributed by atoms with E-state index in [-0.39, 0.29) is 23.7 Å². The van der Waals surface area contributed by atoms with Gasteiger partial charge >= 0.3 is 0 Å². The van der Waals surface area contributed by atoms with E-state index in [9.17, 15) is 9.59 Å². The Hall–Kier alpha value is -1.90. The minimum absolute atomic E-state index is 0.0614. The molecule has 0 saturated heterocycles. The monoisotopic (exact) mass is 229 g/mol. The molecule has 0 unspecified atom stereocenters. The zero-order chi connectivity index (χ0) is 12.4. The van der Waals surface area contributed by atoms with E-state index in [4.69, 9.17) is 0 Å². The summed E-state index contributed by atoms with van der Waals surface area (Å²) in [6, 6.07) is 9.01. The van der Waals surface area contributed by atoms with Crippen molar-refractivity contribution < 1.29 is 9.59 Å². The summed E-state index contributed by atoms with van der Waals surface area (Å²) >= 11 is 0. The Morgan fingerprint density at radius 1 is 1.18 bits per heavy atom. The lowest BCUT2D eigenvalue weighted by molar-refractivity contribution is -0.119. The molecule has 0 bridgehead atoms. The molecule has 3 nitrogen and oxygen atoms in total. The molecule has 1 heterocycles. The number of hydrogen-bond donors (Lipinski definition) is 0. The summed E-state index contributed by atoms with van der Waals surface area (Å²) in [6.07, 6.45) is 3.06. The van der Waals surface area contributed by atoms with E-state index < -0.39 is 0 Å². The molecule has 1 aliphatic rings. The number of rotatable bonds is 1. The molecule has 17 heavy (non-hydrogen) atoms. The molecule has 0 aromatic heterocycles. The van der Waals surface area contributed by atoms with Gasteiger partial charge in [-0.3, -0.25) is 9.59 Å². The van der Waals surface area contributed by atoms with Crippen molar-refractivity contribution in [3.8, 4) is 0 Å². The van der Waals surface area contributed by atoms with Gasteiger partial charge in [0, 0.05) is 23.7 Å². The number of amides is 1. The zero-order valence-electron chi connectivity index (χ0n) is 9.96. The molecule has 2 rings (SSSR count). The highest BCUT2D eigenvalue weighted by Crippen LogP contribution is 2.20. The van der Waals surface area contributed by atoms with Crippen molar-refractivity contribution in [1.29, 1.82) is 0 Å². The van der Waals surface area contributed by atoms with Gasteiger partial charge in [-0.2, -0.15) is 0 Å². The summed E-state index contributed by atoms with van der Waals surface area (Å²) in [7, 11) is 0. The molecule has 1 aromatic carbocycles. The van der Waals surface area contributed by atoms with Crippen LogP contribution >= 0.6 is 0 Å². The molecule has 3 heteroatoms. The quantitative estimate of drug-likeness (QED) is 0.740. The summed E-state index contributed by atoms with van der Waals surface area (Å²) in [5.74, 6) is -0.129. The van der Waals surface area contributed by atoms with Crippen LogP contribution in [0.25, 0.3) is 0 Å². The van der Waals surface area contributed by atoms with E-state index >= 15 is 0 Å². The van der Waals surface area contributed by atoms with Gasteiger partial charge < -0.3 is 4.90 Å². The van der Waals surface area contributed by atoms with Crippen LogP contribution in [0, 0.1) is 5.92 Å². The average Bonchev–Trinajstić information content (AvgIpc) is 2.36. The normalized spacial score (nSPS) is 23.9. The third-order valence-corrected chi connectivity index (χ3v) is 3.27. The molecular formula is C14H15NO2. The molecule has 0 spiro atoms. The van der Waals surface area contributed by atoms with Gasteiger partial charge in [-0.1, -0.05) is 25.1 Å². The average molecular weight is 229 g/mol. The fourth-order valence-corrected chi connectivity index (χ4v) is 1.90. The molecule has 1 aliphatic heterocycles. The molecule has 0 fully saturated rings. The van der Waals surface area contributed by atoms with Crippen molar-refractivity contribution in [2.75, 3.05) is 0 Å². The SMILES string of the molecule is C[C@@H]1C(=O)C=CN(C(=O)c2ccccc2)[C@H]1C. The van der Waals surface area contributed by atoms with E-state index in [0.717, 1.165) is 0 Å². The third-order valence-electron chi connectivity index (χ3n) is 3.27. The Kier molecular flexibility index (Phi) is 3.09. The Bertz CT molecular complexity index is 464. The highest BCUT2D eigenvalue weighted by Gasteiger charge is 2.30. The molecular weight excluding hydrogens is 214 g/mol. The maximum Gasteiger partial charge on any atom is 0.258 e. The fraction of sp³-hybridized carbons (Fsp3) is 0.286. The van der Waals surface area contributed by atoms with E-state index in [1.807, 2.05) is 32.0 Å². The first kappa shape index (κ1) is 11.6. The first-order valence-corrected chi connectivity index (χ1v) is 5.71. The van der Waals surface area contributed by atoms with E-state index in [0.29, 0.717) is 5.56 Å². The summed E-state index contributed by atoms with van der Waals surface area (Å²) in [4.78, 5) is 25.3. The van der Waals surface area contributed by atoms with Gasteiger partial charge in [0.15, 0.2) is 5.78 Å². The van der Waals surface area contributed by atoms with Gasteiger partial charge in [-0.25, -0.2) is 0 Å². The van der Waals surface area contributed by atoms with Crippen LogP contribution in [0.1, 0.15) is 24.2 Å². The van der Waals surface area contributed by atoms with Crippen LogP contribution in [0.5, 0.6) is 0 Å². The second-order valence-electron chi connectivity index (χ2n) is 4.33. The minimum Gasteiger partial charge on any atom is -0.311 e. The Balaban J connectivity index is 2.27. The van der Waals surface area contributed by atoms with Crippen molar-refractivity contribution in [3.05, 3.63) is 48.2 Å². The van der Waals surface area contributed by atoms with Gasteiger partial charge in [0.25, 0.3) is 5.91 Å². The van der Waals surface area contributed by atoms with Gasteiger partial charge in [0.1, 0.15) is 0 Å². The van der Waals surface area contributed by atoms with Crippen LogP contribution in [0.3, 0.4) is 0 Å². The third kappa shape index (κ3) is 2.13. The number of hydrogen-bond acceptors (Lipinski definition) is 2. The van der Waals surface area contributed by atoms with E-state index in [2.05, 4.69) is 0 Å². The highest BCUT2D eigenvalue weighted by molar-refractivity contribution is 5.99. The zero-order valence-corrected chi connectivity index (χ0v) is 9.96. The Morgan fingerprint density at radius 2 is 1.82 bits per heavy atom. The number of ketones is 1. The maximum atomic E-state index is 12.2. The molecule has 0 saturated carbocycles. The highest BCUT2D eigenvalue weighted by atomic mass is 16.2. The summed E-state index contributed by atoms with van der Waals surface area (Å²) < 4.78 is 0. The Morgan fingerprint density at radius 3 is 2.47 bits per heavy atom. The molecule has 2 atom stereocenters. The van der Waals surface area contributed by atoms with E-state index in [1.54, 1.807) is 23.2 Å². The van der Waals surface area contributed by atoms with Crippen LogP contribution in [0.4, 0.5) is 0 Å². The van der Waals surface area contributed by atoms with Crippen molar-refractivity contribution in [2.24, 2.45) is 5.92 Å². The van der Waals surface area contributed by atoms with Crippen molar-refractivity contribution in [2.45, 2.75) is 19.9 Å². The van der Waals surface area contributed by atoms with Crippen LogP contribution in [-0.4, -0.2) is 22.6 Å². The summed E-state index contributed by atoms with van der Waals surface area (Å²) in [6.45, 7) is 3.74. The number of nitrogens with zero attached hydrogens (tertiary/aromatic N) is 1. The summed E-state index contributed by atoms with van der Waals surface area (Å²) in [5, 5.41) is 0. The smallest absolute Gasteiger partial charge is 0.258 e. The van der Waals surface area contributed by atoms with Crippen LogP contribution < -0.4 is 0 Å². The summed E-state index contributed by atoms with van der Waals surface area (Å²) in [5.41, 5.74) is 0.644. The predicted octanol–water partition coefficient (Wildman–Crippen LogP) is 2.25. The van der Waals surface area contributed by atoms with Gasteiger partial charge in [0.2, 0.25) is 0 Å². The standard InChI is InChI=1S/C14H15NO2/c1-10-11(2)15(9-8-13(10)16)14(17)12-6-4-3-5-7-12/h3-11H,1-2H3/t10-,11-/m0/s1. The topological polar surface area (TPSA) is 37.4 Å². The number of carbonyl (C=O) groups is 2. The minimum atomic E-state index is -0.146. The fourth-order valence-electron chi connectivity index (χ4n) is 1.90. The van der Waals surface area contributed by atoms with Crippen LogP contribution in [0.2, 0.25) is 0 Å². The van der Waals surface area contributed by atoms with Crippen molar-refractivity contribution in [1.82, 2.24) is 4.90 Å². The number of carbonyl (C=O) groups excluding carboxylic acids is 2. The first-order chi connectivity index (χ1) is 8.11. The van der Waals surface area contributed by atoms with Gasteiger partial charge in [0.05, 0.1) is 0 Å². The van der Waals surface area contributed by atoms with Gasteiger partial charge in [-0.05, 0) is 25.1 Å². The van der Waals surface area contributed by atoms with Crippen molar-refractivity contribution >= 4 is 11.7 Å².